The van der Waals surface area contributed by atoms with E-state index in [0.29, 0.717) is 0 Å². The van der Waals surface area contributed by atoms with E-state index in [1.807, 2.05) is 18.2 Å². The molecule has 1 saturated carbocycles. The van der Waals surface area contributed by atoms with Gasteiger partial charge in [-0.1, -0.05) is 30.3 Å². The van der Waals surface area contributed by atoms with E-state index in [1.165, 1.54) is 6.07 Å². The van der Waals surface area contributed by atoms with Gasteiger partial charge in [0.15, 0.2) is 6.61 Å². The van der Waals surface area contributed by atoms with Crippen LogP contribution in [0.25, 0.3) is 10.8 Å². The lowest BCUT2D eigenvalue weighted by Gasteiger charge is -2.14. The molecule has 0 aromatic heterocycles. The van der Waals surface area contributed by atoms with Crippen molar-refractivity contribution in [3.05, 3.63) is 71.8 Å². The largest absolute Gasteiger partial charge is 0.483 e. The predicted molar refractivity (Wildman–Crippen MR) is 105 cm³/mol. The van der Waals surface area contributed by atoms with Gasteiger partial charge in [0.2, 0.25) is 0 Å². The zero-order valence-corrected chi connectivity index (χ0v) is 15.4. The van der Waals surface area contributed by atoms with Crippen LogP contribution in [0.5, 0.6) is 5.75 Å². The molecule has 0 bridgehead atoms. The van der Waals surface area contributed by atoms with Gasteiger partial charge < -0.3 is 15.4 Å². The third-order valence-electron chi connectivity index (χ3n) is 4.60. The summed E-state index contributed by atoms with van der Waals surface area (Å²) in [7, 11) is 0. The second-order valence-electron chi connectivity index (χ2n) is 6.88. The summed E-state index contributed by atoms with van der Waals surface area (Å²) in [5.41, 5.74) is -0.464. The van der Waals surface area contributed by atoms with Gasteiger partial charge in [-0.3, -0.25) is 9.59 Å². The van der Waals surface area contributed by atoms with Crippen LogP contribution in [0.4, 0.5) is 14.5 Å². The highest BCUT2D eigenvalue weighted by Crippen LogP contribution is 2.28. The smallest absolute Gasteiger partial charge is 0.259 e. The number of anilines is 1. The maximum absolute atomic E-state index is 13.9. The Morgan fingerprint density at radius 1 is 0.966 bits per heavy atom. The summed E-state index contributed by atoms with van der Waals surface area (Å²) >= 11 is 0. The predicted octanol–water partition coefficient (Wildman–Crippen LogP) is 4.03. The van der Waals surface area contributed by atoms with Crippen molar-refractivity contribution in [1.82, 2.24) is 5.32 Å². The minimum atomic E-state index is -0.884. The van der Waals surface area contributed by atoms with Gasteiger partial charge in [0.25, 0.3) is 11.8 Å². The van der Waals surface area contributed by atoms with Crippen LogP contribution in [-0.4, -0.2) is 24.5 Å². The Morgan fingerprint density at radius 3 is 2.28 bits per heavy atom. The Bertz CT molecular complexity index is 1080. The number of hydrogen-bond acceptors (Lipinski definition) is 3. The Balaban J connectivity index is 1.63. The number of hydrogen-bond donors (Lipinski definition) is 2. The van der Waals surface area contributed by atoms with E-state index in [0.717, 1.165) is 35.7 Å². The summed E-state index contributed by atoms with van der Waals surface area (Å²) in [5.74, 6) is -2.63. The summed E-state index contributed by atoms with van der Waals surface area (Å²) in [5, 5.41) is 6.62. The van der Waals surface area contributed by atoms with E-state index >= 15 is 0 Å². The molecule has 1 fully saturated rings. The molecule has 1 aliphatic rings. The summed E-state index contributed by atoms with van der Waals surface area (Å²) < 4.78 is 33.4. The number of fused-ring (bicyclic) bond motifs is 1. The van der Waals surface area contributed by atoms with Crippen molar-refractivity contribution in [2.24, 2.45) is 0 Å². The molecule has 1 aliphatic carbocycles. The van der Waals surface area contributed by atoms with Crippen LogP contribution < -0.4 is 15.4 Å². The fraction of sp³-hybridized carbons (Fsp3) is 0.182. The number of rotatable bonds is 6. The molecule has 2 N–H and O–H groups in total. The molecule has 0 atom stereocenters. The number of carbonyl (C=O) groups is 2. The van der Waals surface area contributed by atoms with Crippen LogP contribution in [0.15, 0.2) is 54.6 Å². The first-order valence-corrected chi connectivity index (χ1v) is 9.21. The molecule has 0 saturated heterocycles. The van der Waals surface area contributed by atoms with Gasteiger partial charge in [-0.05, 0) is 47.9 Å². The number of halogens is 2. The van der Waals surface area contributed by atoms with Crippen LogP contribution >= 0.6 is 0 Å². The van der Waals surface area contributed by atoms with Crippen LogP contribution in [0, 0.1) is 11.6 Å². The van der Waals surface area contributed by atoms with E-state index in [1.54, 1.807) is 18.2 Å². The van der Waals surface area contributed by atoms with Crippen LogP contribution in [0.2, 0.25) is 0 Å². The van der Waals surface area contributed by atoms with E-state index in [4.69, 9.17) is 4.74 Å². The van der Waals surface area contributed by atoms with Crippen molar-refractivity contribution < 1.29 is 23.1 Å². The van der Waals surface area contributed by atoms with Crippen molar-refractivity contribution in [1.29, 1.82) is 0 Å². The van der Waals surface area contributed by atoms with E-state index in [-0.39, 0.29) is 29.9 Å². The first-order valence-electron chi connectivity index (χ1n) is 9.21. The van der Waals surface area contributed by atoms with Gasteiger partial charge in [-0.25, -0.2) is 8.78 Å². The minimum absolute atomic E-state index is 0.0746. The van der Waals surface area contributed by atoms with Gasteiger partial charge >= 0.3 is 0 Å². The van der Waals surface area contributed by atoms with Crippen molar-refractivity contribution in [2.45, 2.75) is 18.9 Å². The summed E-state index contributed by atoms with van der Waals surface area (Å²) in [6.07, 6.45) is 1.90. The third-order valence-corrected chi connectivity index (χ3v) is 4.60. The van der Waals surface area contributed by atoms with Crippen LogP contribution in [-0.2, 0) is 4.79 Å². The lowest BCUT2D eigenvalue weighted by Crippen LogP contribution is -2.30. The summed E-state index contributed by atoms with van der Waals surface area (Å²) in [6.45, 7) is -0.261. The van der Waals surface area contributed by atoms with Crippen molar-refractivity contribution in [3.8, 4) is 5.75 Å². The molecule has 29 heavy (non-hydrogen) atoms. The first kappa shape index (κ1) is 18.9. The van der Waals surface area contributed by atoms with Crippen molar-refractivity contribution in [3.63, 3.8) is 0 Å². The monoisotopic (exact) mass is 396 g/mol. The number of para-hydroxylation sites is 1. The molecule has 4 rings (SSSR count). The molecule has 0 radical (unpaired) electrons. The summed E-state index contributed by atoms with van der Waals surface area (Å²) in [6, 6.07) is 14.0. The molecule has 0 heterocycles. The zero-order chi connectivity index (χ0) is 20.4. The quantitative estimate of drug-likeness (QED) is 0.661. The molecular formula is C22H18F2N2O3. The number of nitrogens with one attached hydrogen (secondary N) is 2. The molecule has 7 heteroatoms. The zero-order valence-electron chi connectivity index (χ0n) is 15.4. The van der Waals surface area contributed by atoms with Gasteiger partial charge in [-0.2, -0.15) is 0 Å². The third kappa shape index (κ3) is 4.34. The molecule has 0 unspecified atom stereocenters. The second kappa shape index (κ2) is 7.87. The minimum Gasteiger partial charge on any atom is -0.483 e. The van der Waals surface area contributed by atoms with Crippen molar-refractivity contribution in [2.75, 3.05) is 11.9 Å². The average molecular weight is 396 g/mol. The van der Waals surface area contributed by atoms with Crippen LogP contribution in [0.3, 0.4) is 0 Å². The van der Waals surface area contributed by atoms with Gasteiger partial charge in [-0.15, -0.1) is 0 Å². The molecule has 3 aromatic carbocycles. The average Bonchev–Trinajstić information content (AvgIpc) is 3.52. The number of carbonyl (C=O) groups excluding carboxylic acids is 2. The van der Waals surface area contributed by atoms with E-state index < -0.39 is 23.2 Å². The van der Waals surface area contributed by atoms with Gasteiger partial charge in [0.05, 0.1) is 5.56 Å². The molecule has 3 aromatic rings. The van der Waals surface area contributed by atoms with Crippen molar-refractivity contribution >= 4 is 28.3 Å². The lowest BCUT2D eigenvalue weighted by atomic mass is 10.1. The number of ether oxygens (including phenoxy) is 1. The maximum atomic E-state index is 13.9. The normalized spacial score (nSPS) is 13.2. The number of amides is 2. The second-order valence-corrected chi connectivity index (χ2v) is 6.88. The van der Waals surface area contributed by atoms with Gasteiger partial charge in [0, 0.05) is 6.04 Å². The highest BCUT2D eigenvalue weighted by Gasteiger charge is 2.24. The van der Waals surface area contributed by atoms with Crippen LogP contribution in [0.1, 0.15) is 23.2 Å². The highest BCUT2D eigenvalue weighted by atomic mass is 19.1. The Labute approximate surface area is 165 Å². The van der Waals surface area contributed by atoms with Gasteiger partial charge in [0.1, 0.15) is 23.1 Å². The molecule has 0 spiro atoms. The first-order chi connectivity index (χ1) is 14.0. The summed E-state index contributed by atoms with van der Waals surface area (Å²) in [4.78, 5) is 24.7. The Hall–Kier alpha value is -3.48. The fourth-order valence-corrected chi connectivity index (χ4v) is 2.95. The Kier molecular flexibility index (Phi) is 5.12. The molecular weight excluding hydrogens is 378 g/mol. The maximum Gasteiger partial charge on any atom is 0.259 e. The molecule has 5 nitrogen and oxygen atoms in total. The van der Waals surface area contributed by atoms with E-state index in [2.05, 4.69) is 10.6 Å². The number of benzene rings is 3. The van der Waals surface area contributed by atoms with E-state index in [9.17, 15) is 18.4 Å². The standard InChI is InChI=1S/C22H18F2N2O3/c23-17-6-3-7-18(24)21(17)26-22(28)16-10-13-4-1-2-5-14(13)11-19(16)29-12-20(27)25-15-8-9-15/h1-7,10-11,15H,8-9,12H2,(H,25,27)(H,26,28). The topological polar surface area (TPSA) is 67.4 Å². The highest BCUT2D eigenvalue weighted by molar-refractivity contribution is 6.09. The fourth-order valence-electron chi connectivity index (χ4n) is 2.95. The molecule has 0 aliphatic heterocycles. The SMILES string of the molecule is O=C(COc1cc2ccccc2cc1C(=O)Nc1c(F)cccc1F)NC1CC1. The Morgan fingerprint density at radius 2 is 1.62 bits per heavy atom. The molecule has 2 amide bonds. The molecule has 148 valence electrons. The lowest BCUT2D eigenvalue weighted by molar-refractivity contribution is -0.123.